The van der Waals surface area contributed by atoms with E-state index in [0.717, 1.165) is 42.7 Å². The minimum Gasteiger partial charge on any atom is -0.393 e. The second-order valence-electron chi connectivity index (χ2n) is 5.38. The molecule has 2 atom stereocenters. The molecule has 0 radical (unpaired) electrons. The Bertz CT molecular complexity index is 566. The largest absolute Gasteiger partial charge is 0.393 e. The Balaban J connectivity index is 1.74. The van der Waals surface area contributed by atoms with Crippen LogP contribution in [0.25, 0.3) is 11.0 Å². The number of aliphatic hydroxyl groups is 1. The fourth-order valence-electron chi connectivity index (χ4n) is 2.85. The van der Waals surface area contributed by atoms with Gasteiger partial charge in [-0.05, 0) is 18.9 Å². The van der Waals surface area contributed by atoms with Gasteiger partial charge in [0.25, 0.3) is 0 Å². The van der Waals surface area contributed by atoms with Crippen molar-refractivity contribution < 1.29 is 5.11 Å². The van der Waals surface area contributed by atoms with Gasteiger partial charge in [-0.2, -0.15) is 0 Å². The Hall–Kier alpha value is -1.62. The van der Waals surface area contributed by atoms with Gasteiger partial charge in [0.15, 0.2) is 5.82 Å². The summed E-state index contributed by atoms with van der Waals surface area (Å²) < 4.78 is 1.98. The van der Waals surface area contributed by atoms with Gasteiger partial charge in [-0.1, -0.05) is 12.8 Å². The lowest BCUT2D eigenvalue weighted by Gasteiger charge is -2.27. The third-order valence-electron chi connectivity index (χ3n) is 4.04. The maximum atomic E-state index is 9.98. The van der Waals surface area contributed by atoms with E-state index in [9.17, 15) is 5.11 Å². The number of fused-ring (bicyclic) bond motifs is 1. The normalized spacial score (nSPS) is 23.7. The van der Waals surface area contributed by atoms with Gasteiger partial charge in [0, 0.05) is 25.7 Å². The molecular weight excluding hydrogens is 240 g/mol. The lowest BCUT2D eigenvalue weighted by atomic mass is 9.86. The zero-order chi connectivity index (χ0) is 13.2. The number of hydrogen-bond donors (Lipinski definition) is 2. The fraction of sp³-hybridized carbons (Fsp3) is 0.571. The van der Waals surface area contributed by atoms with Gasteiger partial charge in [0.1, 0.15) is 5.52 Å². The molecule has 0 bridgehead atoms. The zero-order valence-electron chi connectivity index (χ0n) is 11.2. The lowest BCUT2D eigenvalue weighted by Crippen LogP contribution is -2.30. The molecule has 19 heavy (non-hydrogen) atoms. The highest BCUT2D eigenvalue weighted by Crippen LogP contribution is 2.25. The van der Waals surface area contributed by atoms with Crippen molar-refractivity contribution in [3.8, 4) is 0 Å². The van der Waals surface area contributed by atoms with E-state index in [1.807, 2.05) is 17.7 Å². The van der Waals surface area contributed by atoms with Crippen molar-refractivity contribution in [2.45, 2.75) is 31.8 Å². The van der Waals surface area contributed by atoms with Gasteiger partial charge >= 0.3 is 0 Å². The first-order valence-corrected chi connectivity index (χ1v) is 6.93. The van der Waals surface area contributed by atoms with E-state index in [1.54, 1.807) is 12.5 Å². The number of imidazole rings is 1. The predicted molar refractivity (Wildman–Crippen MR) is 75.0 cm³/mol. The summed E-state index contributed by atoms with van der Waals surface area (Å²) in [4.78, 5) is 8.74. The highest BCUT2D eigenvalue weighted by molar-refractivity contribution is 5.85. The molecule has 2 aromatic heterocycles. The monoisotopic (exact) mass is 260 g/mol. The van der Waals surface area contributed by atoms with Crippen LogP contribution in [-0.2, 0) is 7.05 Å². The molecule has 2 unspecified atom stereocenters. The van der Waals surface area contributed by atoms with Gasteiger partial charge in [-0.15, -0.1) is 0 Å². The number of hydrogen-bond acceptors (Lipinski definition) is 4. The molecule has 2 N–H and O–H groups in total. The molecule has 5 heteroatoms. The molecule has 102 valence electrons. The summed E-state index contributed by atoms with van der Waals surface area (Å²) >= 11 is 0. The van der Waals surface area contributed by atoms with Crippen LogP contribution in [0.4, 0.5) is 5.82 Å². The van der Waals surface area contributed by atoms with E-state index in [0.29, 0.717) is 5.92 Å². The molecule has 0 amide bonds. The fourth-order valence-corrected chi connectivity index (χ4v) is 2.85. The van der Waals surface area contributed by atoms with E-state index in [4.69, 9.17) is 0 Å². The molecule has 3 rings (SSSR count). The highest BCUT2D eigenvalue weighted by atomic mass is 16.3. The molecule has 2 heterocycles. The van der Waals surface area contributed by atoms with Gasteiger partial charge in [0.2, 0.25) is 0 Å². The van der Waals surface area contributed by atoms with Crippen molar-refractivity contribution in [3.05, 3.63) is 18.6 Å². The van der Waals surface area contributed by atoms with Crippen LogP contribution >= 0.6 is 0 Å². The molecular formula is C14H20N4O. The van der Waals surface area contributed by atoms with Crippen LogP contribution in [0.2, 0.25) is 0 Å². The molecule has 1 saturated carbocycles. The van der Waals surface area contributed by atoms with E-state index in [-0.39, 0.29) is 6.10 Å². The number of nitrogens with one attached hydrogen (secondary N) is 1. The molecule has 0 aliphatic heterocycles. The van der Waals surface area contributed by atoms with Gasteiger partial charge in [-0.25, -0.2) is 9.97 Å². The van der Waals surface area contributed by atoms with Crippen molar-refractivity contribution in [1.29, 1.82) is 0 Å². The van der Waals surface area contributed by atoms with E-state index in [2.05, 4.69) is 15.3 Å². The number of pyridine rings is 1. The van der Waals surface area contributed by atoms with Crippen LogP contribution < -0.4 is 5.32 Å². The van der Waals surface area contributed by atoms with Crippen LogP contribution in [0.15, 0.2) is 18.6 Å². The summed E-state index contributed by atoms with van der Waals surface area (Å²) in [5.41, 5.74) is 1.97. The summed E-state index contributed by atoms with van der Waals surface area (Å²) in [6, 6.07) is 1.96. The number of anilines is 1. The first-order valence-electron chi connectivity index (χ1n) is 6.93. The van der Waals surface area contributed by atoms with Gasteiger partial charge < -0.3 is 15.0 Å². The Morgan fingerprint density at radius 2 is 2.21 bits per heavy atom. The maximum absolute atomic E-state index is 9.98. The first-order chi connectivity index (χ1) is 9.25. The van der Waals surface area contributed by atoms with Crippen LogP contribution in [0.5, 0.6) is 0 Å². The van der Waals surface area contributed by atoms with Crippen LogP contribution in [0.3, 0.4) is 0 Å². The quantitative estimate of drug-likeness (QED) is 0.885. The van der Waals surface area contributed by atoms with Gasteiger partial charge in [0.05, 0.1) is 17.9 Å². The molecule has 1 aliphatic carbocycles. The average molecular weight is 260 g/mol. The van der Waals surface area contributed by atoms with Crippen molar-refractivity contribution in [3.63, 3.8) is 0 Å². The number of nitrogens with zero attached hydrogens (tertiary/aromatic N) is 3. The summed E-state index contributed by atoms with van der Waals surface area (Å²) in [7, 11) is 1.98. The van der Waals surface area contributed by atoms with Gasteiger partial charge in [-0.3, -0.25) is 0 Å². The number of aromatic nitrogens is 3. The molecule has 5 nitrogen and oxygen atoms in total. The van der Waals surface area contributed by atoms with Crippen molar-refractivity contribution in [2.75, 3.05) is 11.9 Å². The predicted octanol–water partition coefficient (Wildman–Crippen LogP) is 1.93. The number of aliphatic hydroxyl groups excluding tert-OH is 1. The first kappa shape index (κ1) is 12.4. The minimum absolute atomic E-state index is 0.177. The van der Waals surface area contributed by atoms with Crippen molar-refractivity contribution in [1.82, 2.24) is 14.5 Å². The maximum Gasteiger partial charge on any atom is 0.154 e. The summed E-state index contributed by atoms with van der Waals surface area (Å²) in [5, 5.41) is 13.3. The second-order valence-corrected chi connectivity index (χ2v) is 5.38. The molecule has 0 spiro atoms. The SMILES string of the molecule is Cn1cnc2c(NCC3CCCCC3O)nccc21. The zero-order valence-corrected chi connectivity index (χ0v) is 11.2. The van der Waals surface area contributed by atoms with Crippen LogP contribution in [-0.4, -0.2) is 32.3 Å². The van der Waals surface area contributed by atoms with Crippen molar-refractivity contribution >= 4 is 16.9 Å². The minimum atomic E-state index is -0.177. The number of rotatable bonds is 3. The second kappa shape index (κ2) is 5.17. The van der Waals surface area contributed by atoms with E-state index < -0.39 is 0 Å². The van der Waals surface area contributed by atoms with Crippen LogP contribution in [0, 0.1) is 5.92 Å². The lowest BCUT2D eigenvalue weighted by molar-refractivity contribution is 0.0763. The topological polar surface area (TPSA) is 63.0 Å². The Morgan fingerprint density at radius 3 is 3.05 bits per heavy atom. The molecule has 0 saturated heterocycles. The highest BCUT2D eigenvalue weighted by Gasteiger charge is 2.23. The standard InChI is InChI=1S/C14H20N4O/c1-18-9-17-13-11(18)6-7-15-14(13)16-8-10-4-2-3-5-12(10)19/h6-7,9-10,12,19H,2-5,8H2,1H3,(H,15,16). The summed E-state index contributed by atoms with van der Waals surface area (Å²) in [6.07, 6.45) is 7.79. The summed E-state index contributed by atoms with van der Waals surface area (Å²) in [5.74, 6) is 1.14. The molecule has 0 aromatic carbocycles. The smallest absolute Gasteiger partial charge is 0.154 e. The number of aryl methyl sites for hydroxylation is 1. The summed E-state index contributed by atoms with van der Waals surface area (Å²) in [6.45, 7) is 0.768. The molecule has 1 aliphatic rings. The van der Waals surface area contributed by atoms with Crippen LogP contribution in [0.1, 0.15) is 25.7 Å². The van der Waals surface area contributed by atoms with E-state index >= 15 is 0 Å². The third-order valence-corrected chi connectivity index (χ3v) is 4.04. The molecule has 2 aromatic rings. The Kier molecular flexibility index (Phi) is 3.38. The molecule has 1 fully saturated rings. The average Bonchev–Trinajstić information content (AvgIpc) is 2.81. The Morgan fingerprint density at radius 1 is 1.37 bits per heavy atom. The third kappa shape index (κ3) is 2.42. The van der Waals surface area contributed by atoms with Crippen molar-refractivity contribution in [2.24, 2.45) is 13.0 Å². The van der Waals surface area contributed by atoms with E-state index in [1.165, 1.54) is 6.42 Å². The Labute approximate surface area is 112 Å².